The summed E-state index contributed by atoms with van der Waals surface area (Å²) in [4.78, 5) is 2.55. The predicted octanol–water partition coefficient (Wildman–Crippen LogP) is 4.48. The number of nitrogens with zero attached hydrogens (tertiary/aromatic N) is 2. The molecule has 1 fully saturated rings. The quantitative estimate of drug-likeness (QED) is 0.817. The molecule has 2 aromatic carbocycles. The molecule has 1 atom stereocenters. The number of hydrogen-bond acceptors (Lipinski definition) is 2. The third-order valence-corrected chi connectivity index (χ3v) is 4.33. The fourth-order valence-electron chi connectivity index (χ4n) is 3.42. The molecule has 1 saturated heterocycles. The van der Waals surface area contributed by atoms with Gasteiger partial charge in [0.15, 0.2) is 0 Å². The minimum absolute atomic E-state index is 0.663. The molecule has 0 amide bonds. The van der Waals surface area contributed by atoms with Crippen LogP contribution in [-0.2, 0) is 0 Å². The second-order valence-corrected chi connectivity index (χ2v) is 5.57. The van der Waals surface area contributed by atoms with Crippen molar-refractivity contribution in [1.29, 1.82) is 5.26 Å². The Bertz CT molecular complexity index is 654. The number of rotatable bonds is 3. The number of anilines is 1. The van der Waals surface area contributed by atoms with Crippen LogP contribution in [0.15, 0.2) is 36.4 Å². The Labute approximate surface area is 120 Å². The maximum absolute atomic E-state index is 9.26. The van der Waals surface area contributed by atoms with Crippen LogP contribution >= 0.6 is 0 Å². The van der Waals surface area contributed by atoms with Crippen LogP contribution in [0, 0.1) is 11.3 Å². The molecular weight excluding hydrogens is 244 g/mol. The second kappa shape index (κ2) is 5.54. The minimum Gasteiger partial charge on any atom is -0.368 e. The van der Waals surface area contributed by atoms with Crippen molar-refractivity contribution in [2.75, 3.05) is 11.4 Å². The summed E-state index contributed by atoms with van der Waals surface area (Å²) in [7, 11) is 0. The number of hydrogen-bond donors (Lipinski definition) is 0. The summed E-state index contributed by atoms with van der Waals surface area (Å²) in [6.45, 7) is 3.40. The molecule has 1 aliphatic heterocycles. The summed E-state index contributed by atoms with van der Waals surface area (Å²) in [5.41, 5.74) is 2.08. The normalized spacial score (nSPS) is 18.4. The summed E-state index contributed by atoms with van der Waals surface area (Å²) >= 11 is 0. The highest BCUT2D eigenvalue weighted by molar-refractivity contribution is 5.98. The van der Waals surface area contributed by atoms with Crippen molar-refractivity contribution in [3.8, 4) is 6.07 Å². The molecule has 3 rings (SSSR count). The number of nitriles is 1. The highest BCUT2D eigenvalue weighted by Gasteiger charge is 2.25. The molecule has 1 heterocycles. The Balaban J connectivity index is 2.11. The first-order valence-corrected chi connectivity index (χ1v) is 7.53. The van der Waals surface area contributed by atoms with Gasteiger partial charge in [-0.1, -0.05) is 37.6 Å². The molecule has 1 unspecified atom stereocenters. The molecule has 2 nitrogen and oxygen atoms in total. The number of benzene rings is 2. The van der Waals surface area contributed by atoms with E-state index in [9.17, 15) is 5.26 Å². The lowest BCUT2D eigenvalue weighted by Gasteiger charge is -2.28. The Morgan fingerprint density at radius 3 is 2.75 bits per heavy atom. The first-order valence-electron chi connectivity index (χ1n) is 7.53. The fraction of sp³-hybridized carbons (Fsp3) is 0.389. The summed E-state index contributed by atoms with van der Waals surface area (Å²) < 4.78 is 0. The van der Waals surface area contributed by atoms with E-state index >= 15 is 0 Å². The molecule has 102 valence electrons. The van der Waals surface area contributed by atoms with Crippen LogP contribution in [0.25, 0.3) is 10.8 Å². The van der Waals surface area contributed by atoms with Crippen molar-refractivity contribution in [3.05, 3.63) is 42.0 Å². The van der Waals surface area contributed by atoms with Gasteiger partial charge in [-0.3, -0.25) is 0 Å². The van der Waals surface area contributed by atoms with Crippen molar-refractivity contribution in [1.82, 2.24) is 0 Å². The lowest BCUT2D eigenvalue weighted by atomic mass is 10.0. The molecule has 0 aliphatic carbocycles. The van der Waals surface area contributed by atoms with Gasteiger partial charge in [0.25, 0.3) is 0 Å². The van der Waals surface area contributed by atoms with E-state index in [4.69, 9.17) is 0 Å². The minimum atomic E-state index is 0.663. The Morgan fingerprint density at radius 1 is 1.20 bits per heavy atom. The zero-order valence-electron chi connectivity index (χ0n) is 12.0. The number of fused-ring (bicyclic) bond motifs is 1. The van der Waals surface area contributed by atoms with Crippen LogP contribution in [0.4, 0.5) is 5.69 Å². The van der Waals surface area contributed by atoms with Crippen molar-refractivity contribution in [3.63, 3.8) is 0 Å². The molecular formula is C18H20N2. The molecule has 20 heavy (non-hydrogen) atoms. The van der Waals surface area contributed by atoms with E-state index in [0.29, 0.717) is 6.04 Å². The van der Waals surface area contributed by atoms with Gasteiger partial charge in [-0.25, -0.2) is 0 Å². The maximum Gasteiger partial charge on any atom is 0.0998 e. The summed E-state index contributed by atoms with van der Waals surface area (Å²) in [6.07, 6.45) is 5.06. The summed E-state index contributed by atoms with van der Waals surface area (Å²) in [5, 5.41) is 11.6. The second-order valence-electron chi connectivity index (χ2n) is 5.57. The van der Waals surface area contributed by atoms with Gasteiger partial charge in [0.2, 0.25) is 0 Å². The maximum atomic E-state index is 9.26. The highest BCUT2D eigenvalue weighted by Crippen LogP contribution is 2.34. The van der Waals surface area contributed by atoms with E-state index in [0.717, 1.165) is 17.5 Å². The third kappa shape index (κ3) is 2.14. The van der Waals surface area contributed by atoms with Gasteiger partial charge in [0.05, 0.1) is 11.6 Å². The first-order chi connectivity index (χ1) is 9.85. The average Bonchev–Trinajstić information content (AvgIpc) is 2.94. The van der Waals surface area contributed by atoms with E-state index in [1.165, 1.54) is 36.8 Å². The van der Waals surface area contributed by atoms with E-state index in [-0.39, 0.29) is 0 Å². The molecule has 0 N–H and O–H groups in total. The van der Waals surface area contributed by atoms with Crippen LogP contribution in [0.1, 0.15) is 38.2 Å². The van der Waals surface area contributed by atoms with Gasteiger partial charge >= 0.3 is 0 Å². The molecule has 0 bridgehead atoms. The van der Waals surface area contributed by atoms with Crippen molar-refractivity contribution >= 4 is 16.5 Å². The van der Waals surface area contributed by atoms with Crippen LogP contribution in [0.3, 0.4) is 0 Å². The van der Waals surface area contributed by atoms with E-state index in [1.807, 2.05) is 12.1 Å². The van der Waals surface area contributed by atoms with Crippen LogP contribution in [-0.4, -0.2) is 12.6 Å². The van der Waals surface area contributed by atoms with Crippen molar-refractivity contribution in [2.45, 2.75) is 38.6 Å². The molecule has 2 aromatic rings. The van der Waals surface area contributed by atoms with Gasteiger partial charge < -0.3 is 4.90 Å². The Hall–Kier alpha value is -2.01. The first kappa shape index (κ1) is 13.0. The van der Waals surface area contributed by atoms with Gasteiger partial charge in [-0.05, 0) is 31.4 Å². The molecule has 0 radical (unpaired) electrons. The van der Waals surface area contributed by atoms with E-state index in [2.05, 4.69) is 42.2 Å². The largest absolute Gasteiger partial charge is 0.368 e. The van der Waals surface area contributed by atoms with Crippen molar-refractivity contribution in [2.24, 2.45) is 0 Å². The molecule has 0 spiro atoms. The molecule has 0 saturated carbocycles. The highest BCUT2D eigenvalue weighted by atomic mass is 15.2. The standard InChI is InChI=1S/C18H20N2/c1-2-6-15-7-5-12-20(15)18-11-10-14(13-19)16-8-3-4-9-17(16)18/h3-4,8-11,15H,2,5-7,12H2,1H3. The molecule has 1 aliphatic rings. The lowest BCUT2D eigenvalue weighted by Crippen LogP contribution is -2.29. The van der Waals surface area contributed by atoms with Crippen LogP contribution in [0.5, 0.6) is 0 Å². The van der Waals surface area contributed by atoms with Crippen LogP contribution < -0.4 is 4.90 Å². The monoisotopic (exact) mass is 264 g/mol. The van der Waals surface area contributed by atoms with Gasteiger partial charge in [0.1, 0.15) is 0 Å². The van der Waals surface area contributed by atoms with E-state index in [1.54, 1.807) is 0 Å². The SMILES string of the molecule is CCCC1CCCN1c1ccc(C#N)c2ccccc12. The van der Waals surface area contributed by atoms with Gasteiger partial charge in [0, 0.05) is 29.0 Å². The van der Waals surface area contributed by atoms with Crippen molar-refractivity contribution < 1.29 is 0 Å². The Morgan fingerprint density at radius 2 is 2.00 bits per heavy atom. The molecule has 0 aromatic heterocycles. The Kier molecular flexibility index (Phi) is 3.60. The fourth-order valence-corrected chi connectivity index (χ4v) is 3.42. The average molecular weight is 264 g/mol. The predicted molar refractivity (Wildman–Crippen MR) is 83.9 cm³/mol. The third-order valence-electron chi connectivity index (χ3n) is 4.33. The van der Waals surface area contributed by atoms with E-state index < -0.39 is 0 Å². The zero-order valence-corrected chi connectivity index (χ0v) is 12.0. The smallest absolute Gasteiger partial charge is 0.0998 e. The molecule has 2 heteroatoms. The zero-order chi connectivity index (χ0) is 13.9. The topological polar surface area (TPSA) is 27.0 Å². The summed E-state index contributed by atoms with van der Waals surface area (Å²) in [5.74, 6) is 0. The summed E-state index contributed by atoms with van der Waals surface area (Å²) in [6, 6.07) is 15.4. The lowest BCUT2D eigenvalue weighted by molar-refractivity contribution is 0.601. The van der Waals surface area contributed by atoms with Gasteiger partial charge in [-0.2, -0.15) is 5.26 Å². The van der Waals surface area contributed by atoms with Crippen LogP contribution in [0.2, 0.25) is 0 Å². The van der Waals surface area contributed by atoms with Gasteiger partial charge in [-0.15, -0.1) is 0 Å².